The summed E-state index contributed by atoms with van der Waals surface area (Å²) in [5.41, 5.74) is 2.52. The lowest BCUT2D eigenvalue weighted by Gasteiger charge is -2.08. The molecule has 0 radical (unpaired) electrons. The summed E-state index contributed by atoms with van der Waals surface area (Å²) >= 11 is 12.0. The predicted molar refractivity (Wildman–Crippen MR) is 96.8 cm³/mol. The van der Waals surface area contributed by atoms with Crippen molar-refractivity contribution < 1.29 is 0 Å². The van der Waals surface area contributed by atoms with Crippen LogP contribution in [0, 0.1) is 0 Å². The van der Waals surface area contributed by atoms with Gasteiger partial charge in [-0.15, -0.1) is 0 Å². The number of anilines is 2. The summed E-state index contributed by atoms with van der Waals surface area (Å²) in [7, 11) is 0. The molecule has 23 heavy (non-hydrogen) atoms. The molecular weight excluding hydrogens is 329 g/mol. The Balaban J connectivity index is 1.75. The van der Waals surface area contributed by atoms with Gasteiger partial charge < -0.3 is 5.32 Å². The van der Waals surface area contributed by atoms with E-state index in [1.807, 2.05) is 30.3 Å². The summed E-state index contributed by atoms with van der Waals surface area (Å²) in [5, 5.41) is 6.51. The van der Waals surface area contributed by atoms with Crippen molar-refractivity contribution in [1.82, 2.24) is 9.97 Å². The zero-order valence-corrected chi connectivity index (χ0v) is 13.4. The van der Waals surface area contributed by atoms with Gasteiger partial charge in [-0.05, 0) is 41.1 Å². The van der Waals surface area contributed by atoms with Gasteiger partial charge in [0.25, 0.3) is 0 Å². The van der Waals surface area contributed by atoms with E-state index in [-0.39, 0.29) is 0 Å². The fourth-order valence-electron chi connectivity index (χ4n) is 2.48. The molecule has 0 bridgehead atoms. The molecule has 0 fully saturated rings. The third-order valence-corrected chi connectivity index (χ3v) is 4.34. The molecule has 0 saturated heterocycles. The van der Waals surface area contributed by atoms with Crippen LogP contribution in [0.5, 0.6) is 0 Å². The molecule has 1 aromatic heterocycles. The normalized spacial score (nSPS) is 11.0. The van der Waals surface area contributed by atoms with Gasteiger partial charge in [0.2, 0.25) is 0 Å². The van der Waals surface area contributed by atoms with E-state index < -0.39 is 0 Å². The van der Waals surface area contributed by atoms with E-state index in [9.17, 15) is 0 Å². The number of benzene rings is 3. The van der Waals surface area contributed by atoms with Crippen molar-refractivity contribution in [3.63, 3.8) is 0 Å². The van der Waals surface area contributed by atoms with Gasteiger partial charge in [-0.1, -0.05) is 47.5 Å². The Bertz CT molecular complexity index is 1030. The second-order valence-corrected chi connectivity index (χ2v) is 6.01. The van der Waals surface area contributed by atoms with Crippen LogP contribution in [-0.4, -0.2) is 9.97 Å². The Kier molecular flexibility index (Phi) is 3.52. The van der Waals surface area contributed by atoms with Crippen LogP contribution in [0.15, 0.2) is 60.8 Å². The van der Waals surface area contributed by atoms with Gasteiger partial charge in [0.1, 0.15) is 5.82 Å². The molecule has 3 nitrogen and oxygen atoms in total. The second kappa shape index (κ2) is 5.69. The number of hydrogen-bond donors (Lipinski definition) is 1. The van der Waals surface area contributed by atoms with Crippen LogP contribution in [0.1, 0.15) is 0 Å². The van der Waals surface area contributed by atoms with Gasteiger partial charge in [0.05, 0.1) is 27.3 Å². The zero-order chi connectivity index (χ0) is 15.8. The quantitative estimate of drug-likeness (QED) is 0.466. The summed E-state index contributed by atoms with van der Waals surface area (Å²) < 4.78 is 0. The maximum absolute atomic E-state index is 6.03. The molecule has 0 aliphatic rings. The van der Waals surface area contributed by atoms with E-state index in [1.165, 1.54) is 0 Å². The number of aromatic nitrogens is 2. The van der Waals surface area contributed by atoms with Crippen LogP contribution in [0.4, 0.5) is 11.5 Å². The Morgan fingerprint density at radius 2 is 1.52 bits per heavy atom. The summed E-state index contributed by atoms with van der Waals surface area (Å²) in [5.74, 6) is 0.658. The van der Waals surface area contributed by atoms with Crippen LogP contribution in [-0.2, 0) is 0 Å². The molecule has 0 aliphatic carbocycles. The summed E-state index contributed by atoms with van der Waals surface area (Å²) in [6, 6.07) is 17.6. The van der Waals surface area contributed by atoms with Crippen LogP contribution < -0.4 is 5.32 Å². The monoisotopic (exact) mass is 339 g/mol. The van der Waals surface area contributed by atoms with E-state index in [1.54, 1.807) is 18.3 Å². The molecule has 1 N–H and O–H groups in total. The van der Waals surface area contributed by atoms with E-state index in [4.69, 9.17) is 23.2 Å². The third kappa shape index (κ3) is 2.81. The third-order valence-electron chi connectivity index (χ3n) is 3.60. The van der Waals surface area contributed by atoms with Crippen LogP contribution in [0.25, 0.3) is 21.8 Å². The van der Waals surface area contributed by atoms with E-state index >= 15 is 0 Å². The van der Waals surface area contributed by atoms with Crippen molar-refractivity contribution in [3.8, 4) is 0 Å². The van der Waals surface area contributed by atoms with E-state index in [0.29, 0.717) is 15.9 Å². The highest BCUT2D eigenvalue weighted by molar-refractivity contribution is 6.42. The smallest absolute Gasteiger partial charge is 0.149 e. The van der Waals surface area contributed by atoms with Gasteiger partial charge in [-0.2, -0.15) is 0 Å². The lowest BCUT2D eigenvalue weighted by Crippen LogP contribution is -1.95. The predicted octanol–water partition coefficient (Wildman–Crippen LogP) is 5.83. The number of fused-ring (bicyclic) bond motifs is 2. The molecule has 0 unspecified atom stereocenters. The SMILES string of the molecule is Clc1ccc(Nc2cnc3cc4ccccc4cc3n2)cc1Cl. The molecule has 112 valence electrons. The van der Waals surface area contributed by atoms with Gasteiger partial charge in [-0.3, -0.25) is 4.98 Å². The molecule has 0 aliphatic heterocycles. The molecule has 0 amide bonds. The van der Waals surface area contributed by atoms with Crippen molar-refractivity contribution >= 4 is 56.5 Å². The minimum atomic E-state index is 0.497. The average molecular weight is 340 g/mol. The molecule has 5 heteroatoms. The van der Waals surface area contributed by atoms with Gasteiger partial charge in [0, 0.05) is 5.69 Å². The highest BCUT2D eigenvalue weighted by Gasteiger charge is 2.04. The van der Waals surface area contributed by atoms with Gasteiger partial charge >= 0.3 is 0 Å². The second-order valence-electron chi connectivity index (χ2n) is 5.20. The molecule has 3 aromatic carbocycles. The first-order valence-electron chi connectivity index (χ1n) is 7.07. The van der Waals surface area contributed by atoms with Gasteiger partial charge in [0.15, 0.2) is 0 Å². The number of hydrogen-bond acceptors (Lipinski definition) is 3. The highest BCUT2D eigenvalue weighted by atomic mass is 35.5. The first-order chi connectivity index (χ1) is 11.2. The lowest BCUT2D eigenvalue weighted by atomic mass is 10.1. The van der Waals surface area contributed by atoms with E-state index in [0.717, 1.165) is 27.5 Å². The summed E-state index contributed by atoms with van der Waals surface area (Å²) in [6.07, 6.45) is 1.71. The number of halogens is 2. The largest absolute Gasteiger partial charge is 0.339 e. The fraction of sp³-hybridized carbons (Fsp3) is 0. The Morgan fingerprint density at radius 3 is 2.26 bits per heavy atom. The number of rotatable bonds is 2. The van der Waals surface area contributed by atoms with Crippen molar-refractivity contribution in [2.45, 2.75) is 0 Å². The Morgan fingerprint density at radius 1 is 0.783 bits per heavy atom. The van der Waals surface area contributed by atoms with Crippen molar-refractivity contribution in [3.05, 3.63) is 70.8 Å². The molecular formula is C18H11Cl2N3. The lowest BCUT2D eigenvalue weighted by molar-refractivity contribution is 1.28. The van der Waals surface area contributed by atoms with Crippen molar-refractivity contribution in [2.75, 3.05) is 5.32 Å². The number of nitrogens with one attached hydrogen (secondary N) is 1. The maximum atomic E-state index is 6.03. The molecule has 4 aromatic rings. The van der Waals surface area contributed by atoms with E-state index in [2.05, 4.69) is 27.4 Å². The molecule has 1 heterocycles. The van der Waals surface area contributed by atoms with Gasteiger partial charge in [-0.25, -0.2) is 4.98 Å². The molecule has 0 saturated carbocycles. The molecule has 0 spiro atoms. The summed E-state index contributed by atoms with van der Waals surface area (Å²) in [4.78, 5) is 9.11. The highest BCUT2D eigenvalue weighted by Crippen LogP contribution is 2.27. The minimum absolute atomic E-state index is 0.497. The number of nitrogens with zero attached hydrogens (tertiary/aromatic N) is 2. The minimum Gasteiger partial charge on any atom is -0.339 e. The topological polar surface area (TPSA) is 37.8 Å². The van der Waals surface area contributed by atoms with Crippen LogP contribution in [0.2, 0.25) is 10.0 Å². The molecule has 4 rings (SSSR count). The van der Waals surface area contributed by atoms with Crippen LogP contribution in [0.3, 0.4) is 0 Å². The molecule has 0 atom stereocenters. The standard InChI is InChI=1S/C18H11Cl2N3/c19-14-6-5-13(9-15(14)20)22-18-10-21-16-7-11-3-1-2-4-12(11)8-17(16)23-18/h1-10H,(H,22,23). The van der Waals surface area contributed by atoms with Crippen LogP contribution >= 0.6 is 23.2 Å². The first-order valence-corrected chi connectivity index (χ1v) is 7.82. The average Bonchev–Trinajstić information content (AvgIpc) is 2.56. The fourth-order valence-corrected chi connectivity index (χ4v) is 2.78. The van der Waals surface area contributed by atoms with Crippen molar-refractivity contribution in [2.24, 2.45) is 0 Å². The van der Waals surface area contributed by atoms with Crippen molar-refractivity contribution in [1.29, 1.82) is 0 Å². The Labute approximate surface area is 142 Å². The first kappa shape index (κ1) is 14.2. The Hall–Kier alpha value is -2.36. The zero-order valence-electron chi connectivity index (χ0n) is 11.9. The summed E-state index contributed by atoms with van der Waals surface area (Å²) in [6.45, 7) is 0. The maximum Gasteiger partial charge on any atom is 0.149 e.